The number of Topliss-reactive ketones (excluding diaryl/α,β-unsaturated/α-hetero) is 1. The van der Waals surface area contributed by atoms with Gasteiger partial charge in [0.15, 0.2) is 23.2 Å². The molecule has 1 saturated carbocycles. The molecule has 4 rings (SSSR count). The third-order valence-corrected chi connectivity index (χ3v) is 5.41. The molecule has 3 unspecified atom stereocenters. The first kappa shape index (κ1) is 16.4. The Morgan fingerprint density at radius 3 is 2.72 bits per heavy atom. The maximum absolute atomic E-state index is 14.8. The number of benzene rings is 1. The summed E-state index contributed by atoms with van der Waals surface area (Å²) < 4.78 is 56.1. The molecular formula is C17H17F4N3O. The molecule has 1 N–H and O–H groups in total. The molecule has 3 atom stereocenters. The van der Waals surface area contributed by atoms with Crippen LogP contribution in [0.4, 0.5) is 17.6 Å². The van der Waals surface area contributed by atoms with Crippen LogP contribution >= 0.6 is 0 Å². The fourth-order valence-corrected chi connectivity index (χ4v) is 4.37. The van der Waals surface area contributed by atoms with Gasteiger partial charge in [0.05, 0.1) is 6.20 Å². The van der Waals surface area contributed by atoms with E-state index in [2.05, 4.69) is 5.32 Å². The maximum atomic E-state index is 14.8. The van der Waals surface area contributed by atoms with Crippen LogP contribution in [0.2, 0.25) is 0 Å². The first-order valence-electron chi connectivity index (χ1n) is 8.16. The van der Waals surface area contributed by atoms with Gasteiger partial charge in [-0.3, -0.25) is 10.1 Å². The number of carbonyl (C=O) groups is 1. The summed E-state index contributed by atoms with van der Waals surface area (Å²) in [5.74, 6) is -5.11. The van der Waals surface area contributed by atoms with E-state index in [0.717, 1.165) is 12.1 Å². The molecule has 1 aliphatic carbocycles. The predicted molar refractivity (Wildman–Crippen MR) is 81.2 cm³/mol. The first-order chi connectivity index (χ1) is 11.9. The molecule has 2 fully saturated rings. The van der Waals surface area contributed by atoms with Crippen LogP contribution < -0.4 is 5.32 Å². The smallest absolute Gasteiger partial charge is 0.208 e. The van der Waals surface area contributed by atoms with Gasteiger partial charge in [-0.15, -0.1) is 0 Å². The number of carbonyl (C=O) groups excluding carboxylic acids is 1. The normalized spacial score (nSPS) is 31.7. The highest BCUT2D eigenvalue weighted by Crippen LogP contribution is 2.48. The molecule has 8 heteroatoms. The molecule has 0 bridgehead atoms. The van der Waals surface area contributed by atoms with Crippen molar-refractivity contribution in [3.8, 4) is 0 Å². The van der Waals surface area contributed by atoms with Gasteiger partial charge in [0.2, 0.25) is 5.95 Å². The summed E-state index contributed by atoms with van der Waals surface area (Å²) in [6.07, 6.45) is 1.72. The van der Waals surface area contributed by atoms with Crippen LogP contribution in [-0.4, -0.2) is 40.8 Å². The number of nitrogens with one attached hydrogen (secondary N) is 1. The van der Waals surface area contributed by atoms with Gasteiger partial charge in [-0.1, -0.05) is 0 Å². The Labute approximate surface area is 142 Å². The number of hydrogen-bond acceptors (Lipinski definition) is 4. The molecule has 0 aromatic heterocycles. The second-order valence-corrected chi connectivity index (χ2v) is 6.86. The average molecular weight is 355 g/mol. The van der Waals surface area contributed by atoms with Crippen molar-refractivity contribution in [2.45, 2.75) is 37.0 Å². The van der Waals surface area contributed by atoms with E-state index in [1.807, 2.05) is 0 Å². The Bertz CT molecular complexity index is 783. The zero-order chi connectivity index (χ0) is 17.9. The van der Waals surface area contributed by atoms with E-state index in [0.29, 0.717) is 19.3 Å². The summed E-state index contributed by atoms with van der Waals surface area (Å²) in [5.41, 5.74) is -1.39. The van der Waals surface area contributed by atoms with Gasteiger partial charge in [0, 0.05) is 31.6 Å². The van der Waals surface area contributed by atoms with E-state index >= 15 is 0 Å². The quantitative estimate of drug-likeness (QED) is 0.477. The summed E-state index contributed by atoms with van der Waals surface area (Å²) in [5, 5.41) is 3.08. The van der Waals surface area contributed by atoms with Gasteiger partial charge < -0.3 is 9.80 Å². The van der Waals surface area contributed by atoms with Gasteiger partial charge in [0.1, 0.15) is 11.7 Å². The number of hydrogen-bond donors (Lipinski definition) is 1. The Hall–Kier alpha value is -2.09. The molecule has 0 amide bonds. The fraction of sp³-hybridized carbons (Fsp3) is 0.471. The van der Waals surface area contributed by atoms with Crippen LogP contribution in [0.25, 0.3) is 0 Å². The van der Waals surface area contributed by atoms with Crippen LogP contribution in [0.15, 0.2) is 24.3 Å². The number of nitrogens with zero attached hydrogens (tertiary/aromatic N) is 2. The monoisotopic (exact) mass is 355 g/mol. The highest BCUT2D eigenvalue weighted by Gasteiger charge is 2.62. The lowest BCUT2D eigenvalue weighted by molar-refractivity contribution is -0.135. The van der Waals surface area contributed by atoms with Crippen molar-refractivity contribution in [1.82, 2.24) is 15.1 Å². The molecule has 2 heterocycles. The summed E-state index contributed by atoms with van der Waals surface area (Å²) in [6.45, 7) is 0.249. The summed E-state index contributed by atoms with van der Waals surface area (Å²) in [7, 11) is 1.66. The van der Waals surface area contributed by atoms with Gasteiger partial charge in [-0.05, 0) is 25.0 Å². The Balaban J connectivity index is 1.87. The minimum absolute atomic E-state index is 0.128. The minimum atomic E-state index is -1.60. The van der Waals surface area contributed by atoms with Crippen LogP contribution in [0.1, 0.15) is 31.0 Å². The van der Waals surface area contributed by atoms with Crippen LogP contribution in [0.3, 0.4) is 0 Å². The Morgan fingerprint density at radius 2 is 1.96 bits per heavy atom. The highest BCUT2D eigenvalue weighted by atomic mass is 19.2. The van der Waals surface area contributed by atoms with Crippen LogP contribution in [0, 0.1) is 17.5 Å². The molecule has 25 heavy (non-hydrogen) atoms. The SMILES string of the molecule is CN1C=C(F)N2C(c3ccc(F)c(F)c3F)NC3CCCC(=O)C32C1. The molecule has 1 spiro atoms. The van der Waals surface area contributed by atoms with Gasteiger partial charge >= 0.3 is 0 Å². The highest BCUT2D eigenvalue weighted by molar-refractivity contribution is 5.91. The standard InChI is InChI=1S/C17H17F4N3O/c1-23-7-13(19)24-16(9-5-6-10(18)15(21)14(9)20)22-11-3-2-4-12(25)17(11,24)8-23/h5-7,11,16,22H,2-4,8H2,1H3. The molecular weight excluding hydrogens is 338 g/mol. The Kier molecular flexibility index (Phi) is 3.57. The second-order valence-electron chi connectivity index (χ2n) is 6.86. The molecule has 4 nitrogen and oxygen atoms in total. The fourth-order valence-electron chi connectivity index (χ4n) is 4.37. The minimum Gasteiger partial charge on any atom is -0.374 e. The largest absolute Gasteiger partial charge is 0.374 e. The first-order valence-corrected chi connectivity index (χ1v) is 8.16. The summed E-state index contributed by atoms with van der Waals surface area (Å²) in [4.78, 5) is 15.6. The molecule has 1 aromatic carbocycles. The molecule has 3 aliphatic rings. The number of likely N-dealkylation sites (N-methyl/N-ethyl adjacent to an activating group) is 1. The maximum Gasteiger partial charge on any atom is 0.208 e. The van der Waals surface area contributed by atoms with Crippen molar-refractivity contribution in [2.24, 2.45) is 0 Å². The van der Waals surface area contributed by atoms with Crippen LogP contribution in [-0.2, 0) is 4.79 Å². The van der Waals surface area contributed by atoms with Crippen molar-refractivity contribution >= 4 is 5.78 Å². The molecule has 1 saturated heterocycles. The molecule has 2 aliphatic heterocycles. The van der Waals surface area contributed by atoms with Crippen LogP contribution in [0.5, 0.6) is 0 Å². The zero-order valence-electron chi connectivity index (χ0n) is 13.5. The number of rotatable bonds is 1. The lowest BCUT2D eigenvalue weighted by Gasteiger charge is -2.48. The van der Waals surface area contributed by atoms with E-state index in [1.165, 1.54) is 11.1 Å². The van der Waals surface area contributed by atoms with E-state index < -0.39 is 41.1 Å². The average Bonchev–Trinajstić information content (AvgIpc) is 2.89. The van der Waals surface area contributed by atoms with Crippen molar-refractivity contribution in [1.29, 1.82) is 0 Å². The van der Waals surface area contributed by atoms with Crippen molar-refractivity contribution in [3.05, 3.63) is 47.3 Å². The van der Waals surface area contributed by atoms with Crippen molar-refractivity contribution in [3.63, 3.8) is 0 Å². The third-order valence-electron chi connectivity index (χ3n) is 5.41. The number of halogens is 4. The molecule has 1 aromatic rings. The lowest BCUT2D eigenvalue weighted by atomic mass is 9.75. The number of ketones is 1. The third kappa shape index (κ3) is 2.13. The van der Waals surface area contributed by atoms with E-state index in [4.69, 9.17) is 0 Å². The lowest BCUT2D eigenvalue weighted by Crippen LogP contribution is -2.65. The Morgan fingerprint density at radius 1 is 1.20 bits per heavy atom. The van der Waals surface area contributed by atoms with E-state index in [-0.39, 0.29) is 17.9 Å². The summed E-state index contributed by atoms with van der Waals surface area (Å²) in [6, 6.07) is 1.50. The van der Waals surface area contributed by atoms with Gasteiger partial charge in [0.25, 0.3) is 0 Å². The predicted octanol–water partition coefficient (Wildman–Crippen LogP) is 2.58. The van der Waals surface area contributed by atoms with Crippen molar-refractivity contribution in [2.75, 3.05) is 13.6 Å². The van der Waals surface area contributed by atoms with Gasteiger partial charge in [-0.2, -0.15) is 4.39 Å². The van der Waals surface area contributed by atoms with Gasteiger partial charge in [-0.25, -0.2) is 13.2 Å². The molecule has 134 valence electrons. The second kappa shape index (κ2) is 5.45. The topological polar surface area (TPSA) is 35.6 Å². The zero-order valence-corrected chi connectivity index (χ0v) is 13.5. The summed E-state index contributed by atoms with van der Waals surface area (Å²) >= 11 is 0. The molecule has 0 radical (unpaired) electrons. The van der Waals surface area contributed by atoms with E-state index in [1.54, 1.807) is 11.9 Å². The van der Waals surface area contributed by atoms with Crippen molar-refractivity contribution < 1.29 is 22.4 Å². The van der Waals surface area contributed by atoms with E-state index in [9.17, 15) is 22.4 Å².